The molecule has 7 heteroatoms. The highest BCUT2D eigenvalue weighted by Crippen LogP contribution is 2.30. The van der Waals surface area contributed by atoms with Gasteiger partial charge in [-0.3, -0.25) is 4.79 Å². The van der Waals surface area contributed by atoms with E-state index in [2.05, 4.69) is 15.1 Å². The third kappa shape index (κ3) is 2.20. The van der Waals surface area contributed by atoms with Crippen LogP contribution in [0.3, 0.4) is 0 Å². The van der Waals surface area contributed by atoms with Gasteiger partial charge in [-0.15, -0.1) is 0 Å². The standard InChI is InChI=1S/C15H17N5O2/c1-4-22-11-6-5-9(16)7-10(11)13-17-14-12(15(21)18-13)8(2)19-20(14)3/h5-7H,4,16H2,1-3H3,(H,17,18,21). The molecule has 0 fully saturated rings. The van der Waals surface area contributed by atoms with Crippen LogP contribution in [-0.4, -0.2) is 26.4 Å². The lowest BCUT2D eigenvalue weighted by atomic mass is 10.1. The van der Waals surface area contributed by atoms with Crippen LogP contribution in [-0.2, 0) is 7.05 Å². The summed E-state index contributed by atoms with van der Waals surface area (Å²) in [6.45, 7) is 4.18. The first-order chi connectivity index (χ1) is 10.5. The molecule has 1 aromatic carbocycles. The Balaban J connectivity index is 2.29. The average Bonchev–Trinajstić information content (AvgIpc) is 2.76. The first-order valence-corrected chi connectivity index (χ1v) is 6.97. The Morgan fingerprint density at radius 3 is 2.91 bits per heavy atom. The van der Waals surface area contributed by atoms with Crippen molar-refractivity contribution in [1.82, 2.24) is 19.7 Å². The lowest BCUT2D eigenvalue weighted by Crippen LogP contribution is -2.11. The molecule has 114 valence electrons. The van der Waals surface area contributed by atoms with E-state index < -0.39 is 0 Å². The monoisotopic (exact) mass is 299 g/mol. The van der Waals surface area contributed by atoms with Crippen LogP contribution in [0, 0.1) is 6.92 Å². The molecule has 2 heterocycles. The van der Waals surface area contributed by atoms with Gasteiger partial charge in [0.05, 0.1) is 17.9 Å². The number of hydrogen-bond acceptors (Lipinski definition) is 5. The largest absolute Gasteiger partial charge is 0.493 e. The fourth-order valence-electron chi connectivity index (χ4n) is 2.49. The summed E-state index contributed by atoms with van der Waals surface area (Å²) in [5.74, 6) is 1.04. The first-order valence-electron chi connectivity index (χ1n) is 6.97. The Bertz CT molecular complexity index is 910. The van der Waals surface area contributed by atoms with Crippen molar-refractivity contribution in [2.24, 2.45) is 7.05 Å². The zero-order valence-electron chi connectivity index (χ0n) is 12.7. The normalized spacial score (nSPS) is 11.0. The first kappa shape index (κ1) is 14.1. The number of fused-ring (bicyclic) bond motifs is 1. The van der Waals surface area contributed by atoms with Gasteiger partial charge in [-0.2, -0.15) is 5.10 Å². The van der Waals surface area contributed by atoms with Gasteiger partial charge >= 0.3 is 0 Å². The van der Waals surface area contributed by atoms with Crippen LogP contribution >= 0.6 is 0 Å². The summed E-state index contributed by atoms with van der Waals surface area (Å²) in [6, 6.07) is 5.25. The summed E-state index contributed by atoms with van der Waals surface area (Å²) >= 11 is 0. The number of nitrogen functional groups attached to an aromatic ring is 1. The van der Waals surface area contributed by atoms with Gasteiger partial charge in [0.25, 0.3) is 5.56 Å². The summed E-state index contributed by atoms with van der Waals surface area (Å²) in [5, 5.41) is 4.73. The van der Waals surface area contributed by atoms with Crippen molar-refractivity contribution in [3.63, 3.8) is 0 Å². The fourth-order valence-corrected chi connectivity index (χ4v) is 2.49. The number of nitrogens with zero attached hydrogens (tertiary/aromatic N) is 3. The molecule has 0 aliphatic rings. The molecule has 2 aromatic heterocycles. The second-order valence-electron chi connectivity index (χ2n) is 5.01. The zero-order chi connectivity index (χ0) is 15.9. The van der Waals surface area contributed by atoms with E-state index in [4.69, 9.17) is 10.5 Å². The molecule has 0 bridgehead atoms. The molecule has 7 nitrogen and oxygen atoms in total. The van der Waals surface area contributed by atoms with E-state index in [1.807, 2.05) is 6.92 Å². The zero-order valence-corrected chi connectivity index (χ0v) is 12.7. The van der Waals surface area contributed by atoms with E-state index in [0.29, 0.717) is 46.2 Å². The molecular weight excluding hydrogens is 282 g/mol. The minimum Gasteiger partial charge on any atom is -0.493 e. The van der Waals surface area contributed by atoms with Crippen molar-refractivity contribution in [1.29, 1.82) is 0 Å². The fraction of sp³-hybridized carbons (Fsp3) is 0.267. The van der Waals surface area contributed by atoms with E-state index in [9.17, 15) is 4.79 Å². The van der Waals surface area contributed by atoms with Crippen LogP contribution in [0.1, 0.15) is 12.6 Å². The number of aromatic amines is 1. The molecule has 0 unspecified atom stereocenters. The number of aromatic nitrogens is 4. The summed E-state index contributed by atoms with van der Waals surface area (Å²) in [5.41, 5.74) is 8.03. The average molecular weight is 299 g/mol. The van der Waals surface area contributed by atoms with Gasteiger partial charge in [-0.1, -0.05) is 0 Å². The molecule has 0 radical (unpaired) electrons. The number of benzene rings is 1. The maximum atomic E-state index is 12.3. The minimum atomic E-state index is -0.226. The van der Waals surface area contributed by atoms with Crippen LogP contribution < -0.4 is 16.0 Å². The summed E-state index contributed by atoms with van der Waals surface area (Å²) in [7, 11) is 1.76. The van der Waals surface area contributed by atoms with Gasteiger partial charge in [-0.25, -0.2) is 9.67 Å². The molecule has 0 saturated heterocycles. The smallest absolute Gasteiger partial charge is 0.262 e. The molecule has 0 aliphatic heterocycles. The van der Waals surface area contributed by atoms with Crippen LogP contribution in [0.4, 0.5) is 5.69 Å². The molecule has 0 saturated carbocycles. The van der Waals surface area contributed by atoms with Crippen molar-refractivity contribution in [2.45, 2.75) is 13.8 Å². The van der Waals surface area contributed by atoms with Crippen LogP contribution in [0.2, 0.25) is 0 Å². The van der Waals surface area contributed by atoms with Gasteiger partial charge in [0, 0.05) is 12.7 Å². The third-order valence-electron chi connectivity index (χ3n) is 3.43. The maximum Gasteiger partial charge on any atom is 0.262 e. The highest BCUT2D eigenvalue weighted by Gasteiger charge is 2.15. The second-order valence-corrected chi connectivity index (χ2v) is 5.01. The molecule has 0 aliphatic carbocycles. The number of nitrogens with two attached hydrogens (primary N) is 1. The number of nitrogens with one attached hydrogen (secondary N) is 1. The SMILES string of the molecule is CCOc1ccc(N)cc1-c1nc2c(c(C)nn2C)c(=O)[nH]1. The van der Waals surface area contributed by atoms with Crippen molar-refractivity contribution in [3.05, 3.63) is 34.2 Å². The van der Waals surface area contributed by atoms with Crippen LogP contribution in [0.15, 0.2) is 23.0 Å². The van der Waals surface area contributed by atoms with Crippen molar-refractivity contribution in [2.75, 3.05) is 12.3 Å². The second kappa shape index (κ2) is 5.18. The van der Waals surface area contributed by atoms with Gasteiger partial charge in [0.1, 0.15) is 17.0 Å². The highest BCUT2D eigenvalue weighted by molar-refractivity contribution is 5.80. The van der Waals surface area contributed by atoms with E-state index in [0.717, 1.165) is 0 Å². The molecule has 22 heavy (non-hydrogen) atoms. The van der Waals surface area contributed by atoms with Crippen molar-refractivity contribution < 1.29 is 4.74 Å². The van der Waals surface area contributed by atoms with Gasteiger partial charge in [0.15, 0.2) is 5.65 Å². The highest BCUT2D eigenvalue weighted by atomic mass is 16.5. The lowest BCUT2D eigenvalue weighted by Gasteiger charge is -2.10. The Morgan fingerprint density at radius 1 is 1.41 bits per heavy atom. The summed E-state index contributed by atoms with van der Waals surface area (Å²) < 4.78 is 7.19. The Labute approximate surface area is 126 Å². The Kier molecular flexibility index (Phi) is 3.32. The quantitative estimate of drug-likeness (QED) is 0.716. The Hall–Kier alpha value is -2.83. The molecular formula is C15H17N5O2. The third-order valence-corrected chi connectivity index (χ3v) is 3.43. The number of rotatable bonds is 3. The molecule has 0 atom stereocenters. The predicted molar refractivity (Wildman–Crippen MR) is 84.9 cm³/mol. The topological polar surface area (TPSA) is 98.8 Å². The lowest BCUT2D eigenvalue weighted by molar-refractivity contribution is 0.341. The number of ether oxygens (including phenoxy) is 1. The number of hydrogen-bond donors (Lipinski definition) is 2. The van der Waals surface area contributed by atoms with Crippen molar-refractivity contribution in [3.8, 4) is 17.1 Å². The van der Waals surface area contributed by atoms with Gasteiger partial charge in [0.2, 0.25) is 0 Å². The van der Waals surface area contributed by atoms with Crippen LogP contribution in [0.5, 0.6) is 5.75 Å². The molecule has 3 aromatic rings. The molecule has 0 amide bonds. The van der Waals surface area contributed by atoms with Crippen LogP contribution in [0.25, 0.3) is 22.4 Å². The molecule has 0 spiro atoms. The number of aryl methyl sites for hydroxylation is 2. The number of H-pyrrole nitrogens is 1. The van der Waals surface area contributed by atoms with E-state index in [1.54, 1.807) is 36.9 Å². The Morgan fingerprint density at radius 2 is 2.18 bits per heavy atom. The summed E-state index contributed by atoms with van der Waals surface area (Å²) in [4.78, 5) is 19.7. The molecule has 3 rings (SSSR count). The summed E-state index contributed by atoms with van der Waals surface area (Å²) in [6.07, 6.45) is 0. The van der Waals surface area contributed by atoms with E-state index in [-0.39, 0.29) is 5.56 Å². The van der Waals surface area contributed by atoms with Gasteiger partial charge in [-0.05, 0) is 32.0 Å². The van der Waals surface area contributed by atoms with E-state index >= 15 is 0 Å². The number of anilines is 1. The minimum absolute atomic E-state index is 0.226. The van der Waals surface area contributed by atoms with E-state index in [1.165, 1.54) is 0 Å². The maximum absolute atomic E-state index is 12.3. The van der Waals surface area contributed by atoms with Gasteiger partial charge < -0.3 is 15.5 Å². The van der Waals surface area contributed by atoms with Crippen molar-refractivity contribution >= 4 is 16.7 Å². The molecule has 3 N–H and O–H groups in total. The predicted octanol–water partition coefficient (Wildman–Crippen LogP) is 1.61.